The van der Waals surface area contributed by atoms with Crippen LogP contribution in [-0.2, 0) is 29.0 Å². The van der Waals surface area contributed by atoms with Crippen molar-refractivity contribution in [3.8, 4) is 0 Å². The monoisotopic (exact) mass is 446 g/mol. The molecule has 1 N–H and O–H groups in total. The van der Waals surface area contributed by atoms with Crippen molar-refractivity contribution in [3.63, 3.8) is 0 Å². The largest absolute Gasteiger partial charge is 0.354 e. The van der Waals surface area contributed by atoms with Gasteiger partial charge in [-0.1, -0.05) is 85.3 Å². The van der Waals surface area contributed by atoms with E-state index in [2.05, 4.69) is 5.32 Å². The molecule has 4 nitrogen and oxygen atoms in total. The molecule has 3 rings (SSSR count). The van der Waals surface area contributed by atoms with Crippen molar-refractivity contribution in [2.45, 2.75) is 45.7 Å². The van der Waals surface area contributed by atoms with Crippen molar-refractivity contribution >= 4 is 11.8 Å². The van der Waals surface area contributed by atoms with Crippen LogP contribution in [0.2, 0.25) is 0 Å². The SMILES string of the molecule is CCCNC(=O)C(Cc1ccccc1)N(Cc1ccc(C)cc1)C(=O)Cc1ccccc1F. The van der Waals surface area contributed by atoms with Crippen LogP contribution < -0.4 is 5.32 Å². The van der Waals surface area contributed by atoms with Crippen LogP contribution >= 0.6 is 0 Å². The zero-order valence-corrected chi connectivity index (χ0v) is 19.3. The van der Waals surface area contributed by atoms with E-state index in [0.717, 1.165) is 23.1 Å². The quantitative estimate of drug-likeness (QED) is 0.484. The van der Waals surface area contributed by atoms with Gasteiger partial charge in [0, 0.05) is 19.5 Å². The Morgan fingerprint density at radius 1 is 0.909 bits per heavy atom. The van der Waals surface area contributed by atoms with Crippen LogP contribution in [0.5, 0.6) is 0 Å². The van der Waals surface area contributed by atoms with Gasteiger partial charge in [-0.2, -0.15) is 0 Å². The predicted octanol–water partition coefficient (Wildman–Crippen LogP) is 4.84. The number of amides is 2. The van der Waals surface area contributed by atoms with Crippen LogP contribution in [0.1, 0.15) is 35.6 Å². The number of carbonyl (C=O) groups is 2. The average Bonchev–Trinajstić information content (AvgIpc) is 2.83. The smallest absolute Gasteiger partial charge is 0.243 e. The number of halogens is 1. The summed E-state index contributed by atoms with van der Waals surface area (Å²) in [5, 5.41) is 2.95. The fourth-order valence-electron chi connectivity index (χ4n) is 3.72. The number of aryl methyl sites for hydroxylation is 1. The molecule has 3 aromatic rings. The molecule has 1 unspecified atom stereocenters. The molecule has 0 aliphatic rings. The maximum Gasteiger partial charge on any atom is 0.243 e. The highest BCUT2D eigenvalue weighted by Crippen LogP contribution is 2.18. The molecule has 33 heavy (non-hydrogen) atoms. The molecule has 0 aliphatic carbocycles. The van der Waals surface area contributed by atoms with Crippen molar-refractivity contribution in [2.75, 3.05) is 6.54 Å². The second kappa shape index (κ2) is 12.0. The van der Waals surface area contributed by atoms with Crippen LogP contribution in [0, 0.1) is 12.7 Å². The summed E-state index contributed by atoms with van der Waals surface area (Å²) in [6.07, 6.45) is 1.07. The summed E-state index contributed by atoms with van der Waals surface area (Å²) >= 11 is 0. The van der Waals surface area contributed by atoms with Crippen LogP contribution in [0.15, 0.2) is 78.9 Å². The average molecular weight is 447 g/mol. The molecule has 1 atom stereocenters. The van der Waals surface area contributed by atoms with E-state index in [0.29, 0.717) is 18.5 Å². The van der Waals surface area contributed by atoms with Crippen molar-refractivity contribution in [1.29, 1.82) is 0 Å². The first-order chi connectivity index (χ1) is 16.0. The number of benzene rings is 3. The molecule has 0 saturated carbocycles. The Hall–Kier alpha value is -3.47. The minimum absolute atomic E-state index is 0.106. The van der Waals surface area contributed by atoms with E-state index in [4.69, 9.17) is 0 Å². The van der Waals surface area contributed by atoms with Crippen molar-refractivity contribution < 1.29 is 14.0 Å². The fourth-order valence-corrected chi connectivity index (χ4v) is 3.72. The molecule has 0 bridgehead atoms. The summed E-state index contributed by atoms with van der Waals surface area (Å²) in [5.74, 6) is -0.904. The summed E-state index contributed by atoms with van der Waals surface area (Å²) in [7, 11) is 0. The topological polar surface area (TPSA) is 49.4 Å². The van der Waals surface area contributed by atoms with Crippen LogP contribution in [0.25, 0.3) is 0 Å². The molecule has 0 radical (unpaired) electrons. The van der Waals surface area contributed by atoms with E-state index in [1.807, 2.05) is 68.4 Å². The van der Waals surface area contributed by atoms with Crippen molar-refractivity contribution in [2.24, 2.45) is 0 Å². The third-order valence-electron chi connectivity index (χ3n) is 5.59. The third kappa shape index (κ3) is 7.01. The zero-order chi connectivity index (χ0) is 23.6. The van der Waals surface area contributed by atoms with Gasteiger partial charge in [0.2, 0.25) is 11.8 Å². The molecule has 0 spiro atoms. The van der Waals surface area contributed by atoms with Crippen LogP contribution in [0.3, 0.4) is 0 Å². The van der Waals surface area contributed by atoms with E-state index in [1.54, 1.807) is 23.1 Å². The fraction of sp³-hybridized carbons (Fsp3) is 0.286. The number of nitrogens with zero attached hydrogens (tertiary/aromatic N) is 1. The van der Waals surface area contributed by atoms with Gasteiger partial charge in [0.1, 0.15) is 11.9 Å². The van der Waals surface area contributed by atoms with Gasteiger partial charge in [-0.05, 0) is 36.1 Å². The maximum atomic E-state index is 14.3. The predicted molar refractivity (Wildman–Crippen MR) is 129 cm³/mol. The maximum absolute atomic E-state index is 14.3. The highest BCUT2D eigenvalue weighted by atomic mass is 19.1. The van der Waals surface area contributed by atoms with E-state index < -0.39 is 11.9 Å². The van der Waals surface area contributed by atoms with Crippen molar-refractivity contribution in [1.82, 2.24) is 10.2 Å². The number of rotatable bonds is 10. The van der Waals surface area contributed by atoms with E-state index >= 15 is 0 Å². The first-order valence-corrected chi connectivity index (χ1v) is 11.4. The highest BCUT2D eigenvalue weighted by Gasteiger charge is 2.30. The molecular weight excluding hydrogens is 415 g/mol. The Balaban J connectivity index is 1.95. The van der Waals surface area contributed by atoms with Crippen molar-refractivity contribution in [3.05, 3.63) is 107 Å². The zero-order valence-electron chi connectivity index (χ0n) is 19.3. The first-order valence-electron chi connectivity index (χ1n) is 11.4. The Kier molecular flexibility index (Phi) is 8.76. The molecule has 0 saturated heterocycles. The first kappa shape index (κ1) is 24.2. The van der Waals surface area contributed by atoms with Crippen LogP contribution in [-0.4, -0.2) is 29.3 Å². The number of carbonyl (C=O) groups excluding carboxylic acids is 2. The van der Waals surface area contributed by atoms with E-state index in [1.165, 1.54) is 6.07 Å². The van der Waals surface area contributed by atoms with Gasteiger partial charge in [-0.15, -0.1) is 0 Å². The molecule has 3 aromatic carbocycles. The Morgan fingerprint density at radius 3 is 2.24 bits per heavy atom. The molecule has 2 amide bonds. The summed E-state index contributed by atoms with van der Waals surface area (Å²) < 4.78 is 14.3. The van der Waals surface area contributed by atoms with Gasteiger partial charge in [0.05, 0.1) is 6.42 Å². The second-order valence-electron chi connectivity index (χ2n) is 8.27. The van der Waals surface area contributed by atoms with Gasteiger partial charge >= 0.3 is 0 Å². The normalized spacial score (nSPS) is 11.6. The molecule has 5 heteroatoms. The minimum atomic E-state index is -0.709. The Bertz CT molecular complexity index is 1050. The Labute approximate surface area is 195 Å². The molecule has 0 fully saturated rings. The second-order valence-corrected chi connectivity index (χ2v) is 8.27. The molecule has 0 aromatic heterocycles. The van der Waals surface area contributed by atoms with Gasteiger partial charge < -0.3 is 10.2 Å². The molecule has 172 valence electrons. The van der Waals surface area contributed by atoms with Gasteiger partial charge in [0.15, 0.2) is 0 Å². The molecule has 0 heterocycles. The highest BCUT2D eigenvalue weighted by molar-refractivity contribution is 5.88. The third-order valence-corrected chi connectivity index (χ3v) is 5.59. The minimum Gasteiger partial charge on any atom is -0.354 e. The summed E-state index contributed by atoms with van der Waals surface area (Å²) in [4.78, 5) is 28.4. The standard InChI is InChI=1S/C28H31FN2O2/c1-3-17-30-28(33)26(18-22-9-5-4-6-10-22)31(20-23-15-13-21(2)14-16-23)27(32)19-24-11-7-8-12-25(24)29/h4-16,26H,3,17-20H2,1-2H3,(H,30,33). The lowest BCUT2D eigenvalue weighted by Gasteiger charge is -2.31. The molecule has 0 aliphatic heterocycles. The lowest BCUT2D eigenvalue weighted by molar-refractivity contribution is -0.140. The number of hydrogen-bond acceptors (Lipinski definition) is 2. The van der Waals surface area contributed by atoms with Gasteiger partial charge in [-0.3, -0.25) is 9.59 Å². The summed E-state index contributed by atoms with van der Waals surface area (Å²) in [6, 6.07) is 23.1. The Morgan fingerprint density at radius 2 is 1.58 bits per heavy atom. The van der Waals surface area contributed by atoms with Crippen LogP contribution in [0.4, 0.5) is 4.39 Å². The number of hydrogen-bond donors (Lipinski definition) is 1. The summed E-state index contributed by atoms with van der Waals surface area (Å²) in [6.45, 7) is 4.79. The lowest BCUT2D eigenvalue weighted by Crippen LogP contribution is -2.51. The van der Waals surface area contributed by atoms with Gasteiger partial charge in [0.25, 0.3) is 0 Å². The van der Waals surface area contributed by atoms with E-state index in [-0.39, 0.29) is 24.8 Å². The number of nitrogens with one attached hydrogen (secondary N) is 1. The lowest BCUT2D eigenvalue weighted by atomic mass is 10.0. The molecular formula is C28H31FN2O2. The summed E-state index contributed by atoms with van der Waals surface area (Å²) in [5.41, 5.74) is 3.32. The van der Waals surface area contributed by atoms with Gasteiger partial charge in [-0.25, -0.2) is 4.39 Å². The van der Waals surface area contributed by atoms with E-state index in [9.17, 15) is 14.0 Å².